The molecular weight excluding hydrogens is 370 g/mol. The first-order chi connectivity index (χ1) is 12.5. The maximum absolute atomic E-state index is 13.1. The zero-order valence-electron chi connectivity index (χ0n) is 15.8. The summed E-state index contributed by atoms with van der Waals surface area (Å²) in [4.78, 5) is 27.7. The van der Waals surface area contributed by atoms with Gasteiger partial charge in [0.15, 0.2) is 0 Å². The number of rotatable bonds is 6. The maximum atomic E-state index is 13.1. The maximum Gasteiger partial charge on any atom is 0.232 e. The number of nitrogens with zero attached hydrogens (tertiary/aromatic N) is 3. The molecule has 2 amide bonds. The number of anilines is 1. The van der Waals surface area contributed by atoms with E-state index in [4.69, 9.17) is 10.5 Å². The number of nitrogens with one attached hydrogen (secondary N) is 1. The summed E-state index contributed by atoms with van der Waals surface area (Å²) in [7, 11) is 0. The molecule has 3 aliphatic heterocycles. The summed E-state index contributed by atoms with van der Waals surface area (Å²) in [5.74, 6) is -0.269. The molecule has 1 aromatic rings. The van der Waals surface area contributed by atoms with E-state index in [1.54, 1.807) is 4.90 Å². The van der Waals surface area contributed by atoms with E-state index in [1.807, 2.05) is 17.7 Å². The Morgan fingerprint density at radius 2 is 2.26 bits per heavy atom. The molecule has 0 radical (unpaired) electrons. The second-order valence-corrected chi connectivity index (χ2v) is 7.70. The summed E-state index contributed by atoms with van der Waals surface area (Å²) >= 11 is 0. The molecule has 8 nitrogen and oxygen atoms in total. The minimum atomic E-state index is -0.501. The van der Waals surface area contributed by atoms with E-state index in [2.05, 4.69) is 17.3 Å². The van der Waals surface area contributed by atoms with Crippen molar-refractivity contribution in [3.05, 3.63) is 11.8 Å². The number of aromatic nitrogens is 2. The van der Waals surface area contributed by atoms with Gasteiger partial charge in [-0.25, -0.2) is 4.68 Å². The summed E-state index contributed by atoms with van der Waals surface area (Å²) < 4.78 is 8.01. The number of halogens is 1. The van der Waals surface area contributed by atoms with Crippen LogP contribution >= 0.6 is 12.4 Å². The number of hydrogen-bond acceptors (Lipinski definition) is 5. The van der Waals surface area contributed by atoms with Crippen molar-refractivity contribution < 1.29 is 14.3 Å². The van der Waals surface area contributed by atoms with Gasteiger partial charge in [-0.1, -0.05) is 6.92 Å². The lowest BCUT2D eigenvalue weighted by molar-refractivity contribution is -0.136. The Balaban J connectivity index is 0.00000210. The number of fused-ring (bicyclic) bond motifs is 1. The van der Waals surface area contributed by atoms with Crippen LogP contribution in [0, 0.1) is 18.8 Å². The number of amides is 2. The van der Waals surface area contributed by atoms with Crippen LogP contribution in [0.2, 0.25) is 0 Å². The van der Waals surface area contributed by atoms with E-state index in [0.717, 1.165) is 31.5 Å². The van der Waals surface area contributed by atoms with E-state index in [1.165, 1.54) is 0 Å². The second kappa shape index (κ2) is 7.41. The van der Waals surface area contributed by atoms with E-state index >= 15 is 0 Å². The molecule has 1 aromatic heterocycles. The fourth-order valence-electron chi connectivity index (χ4n) is 4.92. The molecule has 3 aliphatic rings. The molecule has 4 rings (SSSR count). The molecule has 2 bridgehead atoms. The van der Waals surface area contributed by atoms with Gasteiger partial charge in [-0.3, -0.25) is 9.59 Å². The van der Waals surface area contributed by atoms with Gasteiger partial charge in [-0.05, 0) is 26.2 Å². The summed E-state index contributed by atoms with van der Waals surface area (Å²) in [6.45, 7) is 6.21. The zero-order valence-corrected chi connectivity index (χ0v) is 16.6. The van der Waals surface area contributed by atoms with Crippen LogP contribution in [0.4, 0.5) is 5.82 Å². The predicted octanol–water partition coefficient (Wildman–Crippen LogP) is 0.927. The van der Waals surface area contributed by atoms with E-state index in [9.17, 15) is 9.59 Å². The molecule has 3 fully saturated rings. The first-order valence-electron chi connectivity index (χ1n) is 9.51. The number of aryl methyl sites for hydroxylation is 2. The lowest BCUT2D eigenvalue weighted by Gasteiger charge is -2.27. The number of hydrogen-bond donors (Lipinski definition) is 2. The molecule has 3 N–H and O–H groups in total. The van der Waals surface area contributed by atoms with E-state index in [-0.39, 0.29) is 30.3 Å². The van der Waals surface area contributed by atoms with Crippen molar-refractivity contribution in [3.63, 3.8) is 0 Å². The zero-order chi connectivity index (χ0) is 18.5. The van der Waals surface area contributed by atoms with Gasteiger partial charge in [0, 0.05) is 25.7 Å². The third-order valence-corrected chi connectivity index (χ3v) is 5.89. The highest BCUT2D eigenvalue weighted by molar-refractivity contribution is 5.98. The predicted molar refractivity (Wildman–Crippen MR) is 103 cm³/mol. The van der Waals surface area contributed by atoms with Crippen LogP contribution in [0.25, 0.3) is 0 Å². The topological polar surface area (TPSA) is 102 Å². The molecule has 150 valence electrons. The Morgan fingerprint density at radius 1 is 1.48 bits per heavy atom. The molecule has 4 heterocycles. The molecule has 9 heteroatoms. The van der Waals surface area contributed by atoms with Crippen molar-refractivity contribution in [3.8, 4) is 0 Å². The van der Waals surface area contributed by atoms with Gasteiger partial charge >= 0.3 is 0 Å². The van der Waals surface area contributed by atoms with Crippen molar-refractivity contribution >= 4 is 30.0 Å². The summed E-state index contributed by atoms with van der Waals surface area (Å²) in [6, 6.07) is 1.87. The van der Waals surface area contributed by atoms with Gasteiger partial charge in [0.2, 0.25) is 11.8 Å². The Kier molecular flexibility index (Phi) is 5.52. The quantitative estimate of drug-likeness (QED) is 0.743. The SMILES string of the molecule is CCCn1nc(C)cc1NC(=O)[C@H]1[C@@H]2CC[C@@]3(CN(CCN)C(=O)[C@@H]13)O2.Cl. The fraction of sp³-hybridized carbons (Fsp3) is 0.722. The van der Waals surface area contributed by atoms with Crippen LogP contribution in [0.5, 0.6) is 0 Å². The van der Waals surface area contributed by atoms with Crippen LogP contribution in [-0.4, -0.2) is 57.8 Å². The molecule has 0 aromatic carbocycles. The number of carbonyl (C=O) groups is 2. The van der Waals surface area contributed by atoms with Gasteiger partial charge in [0.1, 0.15) is 5.82 Å². The van der Waals surface area contributed by atoms with Gasteiger partial charge < -0.3 is 20.7 Å². The van der Waals surface area contributed by atoms with Crippen LogP contribution in [0.3, 0.4) is 0 Å². The highest BCUT2D eigenvalue weighted by Crippen LogP contribution is 2.55. The van der Waals surface area contributed by atoms with Crippen LogP contribution in [0.1, 0.15) is 31.9 Å². The molecule has 3 saturated heterocycles. The van der Waals surface area contributed by atoms with Crippen molar-refractivity contribution in [1.29, 1.82) is 0 Å². The number of carbonyl (C=O) groups excluding carboxylic acids is 2. The fourth-order valence-corrected chi connectivity index (χ4v) is 4.92. The summed E-state index contributed by atoms with van der Waals surface area (Å²) in [5, 5.41) is 7.43. The lowest BCUT2D eigenvalue weighted by atomic mass is 9.73. The first kappa shape index (κ1) is 20.1. The summed E-state index contributed by atoms with van der Waals surface area (Å²) in [5.41, 5.74) is 6.00. The molecule has 0 unspecified atom stereocenters. The minimum absolute atomic E-state index is 0. The van der Waals surface area contributed by atoms with Crippen molar-refractivity contribution in [2.45, 2.75) is 51.4 Å². The second-order valence-electron chi connectivity index (χ2n) is 7.70. The number of nitrogens with two attached hydrogens (primary N) is 1. The average Bonchev–Trinajstić information content (AvgIpc) is 3.30. The number of ether oxygens (including phenoxy) is 1. The Morgan fingerprint density at radius 3 is 2.96 bits per heavy atom. The van der Waals surface area contributed by atoms with Gasteiger partial charge in [-0.2, -0.15) is 5.10 Å². The monoisotopic (exact) mass is 397 g/mol. The van der Waals surface area contributed by atoms with E-state index in [0.29, 0.717) is 25.5 Å². The molecule has 0 aliphatic carbocycles. The highest BCUT2D eigenvalue weighted by Gasteiger charge is 2.68. The third-order valence-electron chi connectivity index (χ3n) is 5.89. The van der Waals surface area contributed by atoms with Gasteiger partial charge in [0.05, 0.1) is 35.8 Å². The third kappa shape index (κ3) is 3.13. The normalized spacial score (nSPS) is 31.1. The van der Waals surface area contributed by atoms with Gasteiger partial charge in [0.25, 0.3) is 0 Å². The first-order valence-corrected chi connectivity index (χ1v) is 9.51. The molecule has 1 spiro atoms. The Hall–Kier alpha value is -1.64. The van der Waals surface area contributed by atoms with E-state index < -0.39 is 17.4 Å². The van der Waals surface area contributed by atoms with Crippen molar-refractivity contribution in [2.24, 2.45) is 17.6 Å². The van der Waals surface area contributed by atoms with Gasteiger partial charge in [-0.15, -0.1) is 12.4 Å². The van der Waals surface area contributed by atoms with Crippen LogP contribution < -0.4 is 11.1 Å². The average molecular weight is 398 g/mol. The lowest BCUT2D eigenvalue weighted by Crippen LogP contribution is -2.43. The smallest absolute Gasteiger partial charge is 0.232 e. The standard InChI is InChI=1S/C18H27N5O3.ClH/c1-3-7-23-13(9-11(2)21-23)20-16(24)14-12-4-5-18(26-12)10-22(8-6-19)17(25)15(14)18;/h9,12,14-15H,3-8,10,19H2,1-2H3,(H,20,24);1H/t12-,14-,15+,18-;/m0./s1. The molecular formula is C18H28ClN5O3. The van der Waals surface area contributed by atoms with Crippen molar-refractivity contribution in [2.75, 3.05) is 25.0 Å². The minimum Gasteiger partial charge on any atom is -0.368 e. The molecule has 27 heavy (non-hydrogen) atoms. The Labute approximate surface area is 165 Å². The molecule has 4 atom stereocenters. The van der Waals surface area contributed by atoms with Crippen molar-refractivity contribution in [1.82, 2.24) is 14.7 Å². The van der Waals surface area contributed by atoms with Crippen LogP contribution in [-0.2, 0) is 20.9 Å². The summed E-state index contributed by atoms with van der Waals surface area (Å²) in [6.07, 6.45) is 2.42. The highest BCUT2D eigenvalue weighted by atomic mass is 35.5. The number of likely N-dealkylation sites (tertiary alicyclic amines) is 1. The largest absolute Gasteiger partial charge is 0.368 e. The van der Waals surface area contributed by atoms with Crippen LogP contribution in [0.15, 0.2) is 6.07 Å². The Bertz CT molecular complexity index is 739. The molecule has 0 saturated carbocycles.